The fourth-order valence-corrected chi connectivity index (χ4v) is 3.81. The third-order valence-electron chi connectivity index (χ3n) is 4.21. The smallest absolute Gasteiger partial charge is 0.387 e. The van der Waals surface area contributed by atoms with Crippen molar-refractivity contribution >= 4 is 17.2 Å². The van der Waals surface area contributed by atoms with Gasteiger partial charge in [-0.3, -0.25) is 4.79 Å². The van der Waals surface area contributed by atoms with Crippen molar-refractivity contribution in [2.45, 2.75) is 26.5 Å². The summed E-state index contributed by atoms with van der Waals surface area (Å²) in [5.74, 6) is -0.554. The van der Waals surface area contributed by atoms with Crippen LogP contribution in [0.25, 0.3) is 0 Å². The summed E-state index contributed by atoms with van der Waals surface area (Å²) in [5, 5.41) is 3.49. The quantitative estimate of drug-likeness (QED) is 0.555. The number of rotatable bonds is 8. The SMILES string of the molecule is COc1ccc(CNC(=O)c2sc(Cc3ccc(F)cc3)nc2C)cc1OC(F)F. The number of methoxy groups -OCH3 is 1. The molecular formula is C21H19F3N2O3S. The normalized spacial score (nSPS) is 10.9. The van der Waals surface area contributed by atoms with Gasteiger partial charge in [0.1, 0.15) is 10.7 Å². The van der Waals surface area contributed by atoms with E-state index in [1.165, 1.54) is 42.7 Å². The number of thiazole rings is 1. The molecule has 3 aromatic rings. The lowest BCUT2D eigenvalue weighted by Gasteiger charge is -2.12. The second-order valence-corrected chi connectivity index (χ2v) is 7.46. The summed E-state index contributed by atoms with van der Waals surface area (Å²) in [6.45, 7) is -1.13. The van der Waals surface area contributed by atoms with Crippen LogP contribution in [0.2, 0.25) is 0 Å². The van der Waals surface area contributed by atoms with Crippen molar-refractivity contribution in [2.24, 2.45) is 0 Å². The van der Waals surface area contributed by atoms with Gasteiger partial charge in [-0.1, -0.05) is 18.2 Å². The second kappa shape index (κ2) is 9.62. The Morgan fingerprint density at radius 3 is 2.50 bits per heavy atom. The Morgan fingerprint density at radius 2 is 1.83 bits per heavy atom. The number of ether oxygens (including phenoxy) is 2. The second-order valence-electron chi connectivity index (χ2n) is 6.37. The fraction of sp³-hybridized carbons (Fsp3) is 0.238. The molecule has 5 nitrogen and oxygen atoms in total. The van der Waals surface area contributed by atoms with Crippen LogP contribution >= 0.6 is 11.3 Å². The van der Waals surface area contributed by atoms with Crippen molar-refractivity contribution in [1.82, 2.24) is 10.3 Å². The van der Waals surface area contributed by atoms with Crippen LogP contribution in [-0.4, -0.2) is 24.6 Å². The van der Waals surface area contributed by atoms with Gasteiger partial charge in [0.2, 0.25) is 0 Å². The third kappa shape index (κ3) is 5.50. The molecule has 0 atom stereocenters. The van der Waals surface area contributed by atoms with E-state index in [1.807, 2.05) is 0 Å². The summed E-state index contributed by atoms with van der Waals surface area (Å²) in [6, 6.07) is 10.7. The molecule has 158 valence electrons. The van der Waals surface area contributed by atoms with Gasteiger partial charge in [0.25, 0.3) is 5.91 Å². The van der Waals surface area contributed by atoms with E-state index in [0.29, 0.717) is 22.6 Å². The molecule has 0 aliphatic heterocycles. The van der Waals surface area contributed by atoms with Crippen LogP contribution in [0.3, 0.4) is 0 Å². The van der Waals surface area contributed by atoms with Gasteiger partial charge in [0, 0.05) is 13.0 Å². The van der Waals surface area contributed by atoms with E-state index in [1.54, 1.807) is 25.1 Å². The zero-order valence-corrected chi connectivity index (χ0v) is 17.1. The monoisotopic (exact) mass is 436 g/mol. The molecule has 0 fully saturated rings. The highest BCUT2D eigenvalue weighted by Crippen LogP contribution is 2.29. The molecule has 0 saturated carbocycles. The fourth-order valence-electron chi connectivity index (χ4n) is 2.80. The molecule has 9 heteroatoms. The Morgan fingerprint density at radius 1 is 1.13 bits per heavy atom. The maximum Gasteiger partial charge on any atom is 0.387 e. The van der Waals surface area contributed by atoms with Crippen molar-refractivity contribution in [3.8, 4) is 11.5 Å². The number of alkyl halides is 2. The summed E-state index contributed by atoms with van der Waals surface area (Å²) < 4.78 is 47.6. The Hall–Kier alpha value is -3.07. The first-order valence-corrected chi connectivity index (χ1v) is 9.78. The van der Waals surface area contributed by atoms with Crippen LogP contribution in [-0.2, 0) is 13.0 Å². The number of amides is 1. The van der Waals surface area contributed by atoms with E-state index < -0.39 is 6.61 Å². The van der Waals surface area contributed by atoms with E-state index in [9.17, 15) is 18.0 Å². The zero-order chi connectivity index (χ0) is 21.7. The molecule has 0 spiro atoms. The maximum absolute atomic E-state index is 13.0. The molecule has 0 aliphatic carbocycles. The number of halogens is 3. The minimum atomic E-state index is -2.98. The van der Waals surface area contributed by atoms with E-state index in [0.717, 1.165) is 10.6 Å². The lowest BCUT2D eigenvalue weighted by Crippen LogP contribution is -2.22. The first-order valence-electron chi connectivity index (χ1n) is 8.96. The number of aryl methyl sites for hydroxylation is 1. The van der Waals surface area contributed by atoms with Crippen molar-refractivity contribution in [3.63, 3.8) is 0 Å². The molecule has 0 saturated heterocycles. The van der Waals surface area contributed by atoms with Crippen LogP contribution in [0.15, 0.2) is 42.5 Å². The molecule has 1 heterocycles. The lowest BCUT2D eigenvalue weighted by atomic mass is 10.1. The predicted octanol–water partition coefficient (Wildman–Crippen LogP) is 4.72. The van der Waals surface area contributed by atoms with E-state index in [-0.39, 0.29) is 29.8 Å². The molecule has 0 bridgehead atoms. The first-order chi connectivity index (χ1) is 14.4. The summed E-state index contributed by atoms with van der Waals surface area (Å²) in [5.41, 5.74) is 2.06. The van der Waals surface area contributed by atoms with Crippen molar-refractivity contribution < 1.29 is 27.4 Å². The average Bonchev–Trinajstić information content (AvgIpc) is 3.07. The number of hydrogen-bond acceptors (Lipinski definition) is 5. The molecule has 30 heavy (non-hydrogen) atoms. The van der Waals surface area contributed by atoms with Crippen molar-refractivity contribution in [3.05, 3.63) is 75.0 Å². The zero-order valence-electron chi connectivity index (χ0n) is 16.2. The molecule has 2 aromatic carbocycles. The lowest BCUT2D eigenvalue weighted by molar-refractivity contribution is -0.0512. The van der Waals surface area contributed by atoms with Gasteiger partial charge in [0.05, 0.1) is 17.8 Å². The number of aromatic nitrogens is 1. The largest absolute Gasteiger partial charge is 0.493 e. The summed E-state index contributed by atoms with van der Waals surface area (Å²) in [7, 11) is 1.35. The van der Waals surface area contributed by atoms with Crippen LogP contribution in [0.1, 0.15) is 31.5 Å². The Bertz CT molecular complexity index is 1020. The highest BCUT2D eigenvalue weighted by molar-refractivity contribution is 7.13. The van der Waals surface area contributed by atoms with Gasteiger partial charge < -0.3 is 14.8 Å². The Labute approximate surface area is 175 Å². The van der Waals surface area contributed by atoms with Crippen LogP contribution in [0.5, 0.6) is 11.5 Å². The molecule has 0 unspecified atom stereocenters. The molecule has 1 aromatic heterocycles. The maximum atomic E-state index is 13.0. The predicted molar refractivity (Wildman–Crippen MR) is 107 cm³/mol. The van der Waals surface area contributed by atoms with E-state index >= 15 is 0 Å². The van der Waals surface area contributed by atoms with Gasteiger partial charge in [-0.05, 0) is 42.3 Å². The third-order valence-corrected chi connectivity index (χ3v) is 5.37. The minimum absolute atomic E-state index is 0.102. The molecule has 1 N–H and O–H groups in total. The molecule has 0 aliphatic rings. The van der Waals surface area contributed by atoms with Gasteiger partial charge in [-0.2, -0.15) is 8.78 Å². The molecular weight excluding hydrogens is 417 g/mol. The van der Waals surface area contributed by atoms with Crippen LogP contribution < -0.4 is 14.8 Å². The number of hydrogen-bond donors (Lipinski definition) is 1. The standard InChI is InChI=1S/C21H19F3N2O3S/c1-12-19(30-18(26-12)10-13-3-6-15(22)7-4-13)20(27)25-11-14-5-8-16(28-2)17(9-14)29-21(23)24/h3-9,21H,10-11H2,1-2H3,(H,25,27). The van der Waals surface area contributed by atoms with E-state index in [2.05, 4.69) is 15.0 Å². The Kier molecular flexibility index (Phi) is 6.94. The average molecular weight is 436 g/mol. The minimum Gasteiger partial charge on any atom is -0.493 e. The van der Waals surface area contributed by atoms with Crippen LogP contribution in [0.4, 0.5) is 13.2 Å². The number of carbonyl (C=O) groups is 1. The molecule has 1 amide bonds. The summed E-state index contributed by atoms with van der Waals surface area (Å²) >= 11 is 1.26. The number of nitrogens with one attached hydrogen (secondary N) is 1. The topological polar surface area (TPSA) is 60.5 Å². The first kappa shape index (κ1) is 21.6. The van der Waals surface area contributed by atoms with Gasteiger partial charge in [-0.15, -0.1) is 11.3 Å². The van der Waals surface area contributed by atoms with Crippen molar-refractivity contribution in [2.75, 3.05) is 7.11 Å². The number of nitrogens with zero attached hydrogens (tertiary/aromatic N) is 1. The summed E-state index contributed by atoms with van der Waals surface area (Å²) in [4.78, 5) is 17.4. The highest BCUT2D eigenvalue weighted by Gasteiger charge is 2.16. The highest BCUT2D eigenvalue weighted by atomic mass is 32.1. The summed E-state index contributed by atoms with van der Waals surface area (Å²) in [6.07, 6.45) is 0.492. The van der Waals surface area contributed by atoms with Gasteiger partial charge in [-0.25, -0.2) is 9.37 Å². The Balaban J connectivity index is 1.66. The van der Waals surface area contributed by atoms with Gasteiger partial charge in [0.15, 0.2) is 11.5 Å². The number of benzene rings is 2. The van der Waals surface area contributed by atoms with Crippen molar-refractivity contribution in [1.29, 1.82) is 0 Å². The molecule has 3 rings (SSSR count). The van der Waals surface area contributed by atoms with E-state index in [4.69, 9.17) is 4.74 Å². The number of carbonyl (C=O) groups excluding carboxylic acids is 1. The molecule has 0 radical (unpaired) electrons. The van der Waals surface area contributed by atoms with Gasteiger partial charge >= 0.3 is 6.61 Å². The van der Waals surface area contributed by atoms with Crippen LogP contribution in [0, 0.1) is 12.7 Å².